The highest BCUT2D eigenvalue weighted by Gasteiger charge is 2.50. The van der Waals surface area contributed by atoms with Crippen LogP contribution < -0.4 is 10.1 Å². The SMILES string of the molecule is COc1ccc(CC2(C3C(=O)Nc4ccc(CCCl)cc43)C=Cc3ccccc32)c2ccccc12. The molecule has 0 saturated carbocycles. The zero-order chi connectivity index (χ0) is 24.0. The molecule has 0 radical (unpaired) electrons. The Morgan fingerprint density at radius 1 is 0.971 bits per heavy atom. The van der Waals surface area contributed by atoms with E-state index in [1.807, 2.05) is 18.2 Å². The third-order valence-corrected chi connectivity index (χ3v) is 7.73. The number of aryl methyl sites for hydroxylation is 1. The highest BCUT2D eigenvalue weighted by atomic mass is 35.5. The second kappa shape index (κ2) is 8.58. The van der Waals surface area contributed by atoms with Crippen molar-refractivity contribution in [3.05, 3.63) is 113 Å². The summed E-state index contributed by atoms with van der Waals surface area (Å²) in [5.74, 6) is 1.11. The summed E-state index contributed by atoms with van der Waals surface area (Å²) >= 11 is 6.06. The van der Waals surface area contributed by atoms with Gasteiger partial charge in [-0.3, -0.25) is 4.79 Å². The third kappa shape index (κ3) is 3.45. The fraction of sp³-hybridized carbons (Fsp3) is 0.194. The number of hydrogen-bond acceptors (Lipinski definition) is 2. The van der Waals surface area contributed by atoms with E-state index in [2.05, 4.69) is 78.1 Å². The van der Waals surface area contributed by atoms with Crippen LogP contribution in [-0.4, -0.2) is 18.9 Å². The summed E-state index contributed by atoms with van der Waals surface area (Å²) in [6.45, 7) is 0. The van der Waals surface area contributed by atoms with Crippen LogP contribution in [0.3, 0.4) is 0 Å². The van der Waals surface area contributed by atoms with Crippen molar-refractivity contribution in [3.8, 4) is 5.75 Å². The zero-order valence-corrected chi connectivity index (χ0v) is 20.3. The molecule has 2 aliphatic rings. The molecule has 1 N–H and O–H groups in total. The van der Waals surface area contributed by atoms with Crippen molar-refractivity contribution in [1.82, 2.24) is 0 Å². The number of nitrogens with one attached hydrogen (secondary N) is 1. The van der Waals surface area contributed by atoms with Crippen molar-refractivity contribution in [1.29, 1.82) is 0 Å². The van der Waals surface area contributed by atoms with E-state index in [9.17, 15) is 4.79 Å². The Balaban J connectivity index is 1.56. The summed E-state index contributed by atoms with van der Waals surface area (Å²) in [4.78, 5) is 13.7. The molecule has 0 spiro atoms. The van der Waals surface area contributed by atoms with Gasteiger partial charge in [0.25, 0.3) is 0 Å². The molecule has 2 atom stereocenters. The maximum absolute atomic E-state index is 13.7. The topological polar surface area (TPSA) is 38.3 Å². The number of anilines is 1. The molecule has 0 aromatic heterocycles. The van der Waals surface area contributed by atoms with Crippen LogP contribution in [0.25, 0.3) is 16.8 Å². The first kappa shape index (κ1) is 21.9. The van der Waals surface area contributed by atoms with Crippen LogP contribution in [0.5, 0.6) is 5.75 Å². The van der Waals surface area contributed by atoms with Gasteiger partial charge in [-0.25, -0.2) is 0 Å². The van der Waals surface area contributed by atoms with E-state index in [4.69, 9.17) is 16.3 Å². The predicted molar refractivity (Wildman–Crippen MR) is 144 cm³/mol. The minimum absolute atomic E-state index is 0.0437. The van der Waals surface area contributed by atoms with Gasteiger partial charge in [0.05, 0.1) is 13.0 Å². The molecule has 35 heavy (non-hydrogen) atoms. The molecule has 0 bridgehead atoms. The number of benzene rings is 4. The van der Waals surface area contributed by atoms with Crippen molar-refractivity contribution in [2.75, 3.05) is 18.3 Å². The Bertz CT molecular complexity index is 1490. The maximum atomic E-state index is 13.7. The standard InChI is InChI=1S/C31H26ClNO2/c1-35-28-13-11-22(23-7-3-4-8-24(23)28)19-31(16-14-21-6-2-5-9-26(21)31)29-25-18-20(15-17-32)10-12-27(25)33-30(29)34/h2-14,16,18,29H,15,17,19H2,1H3,(H,33,34). The smallest absolute Gasteiger partial charge is 0.233 e. The molecule has 1 heterocycles. The highest BCUT2D eigenvalue weighted by molar-refractivity contribution is 6.18. The molecule has 6 rings (SSSR count). The van der Waals surface area contributed by atoms with Crippen molar-refractivity contribution in [2.24, 2.45) is 0 Å². The number of allylic oxidation sites excluding steroid dienone is 1. The van der Waals surface area contributed by atoms with Crippen molar-refractivity contribution >= 4 is 40.0 Å². The van der Waals surface area contributed by atoms with Crippen molar-refractivity contribution in [3.63, 3.8) is 0 Å². The Hall–Kier alpha value is -3.56. The van der Waals surface area contributed by atoms with E-state index in [1.54, 1.807) is 7.11 Å². The third-order valence-electron chi connectivity index (χ3n) is 7.55. The fourth-order valence-corrected chi connectivity index (χ4v) is 6.19. The molecule has 3 nitrogen and oxygen atoms in total. The Morgan fingerprint density at radius 2 is 1.77 bits per heavy atom. The monoisotopic (exact) mass is 479 g/mol. The van der Waals surface area contributed by atoms with Gasteiger partial charge < -0.3 is 10.1 Å². The lowest BCUT2D eigenvalue weighted by Gasteiger charge is -2.35. The van der Waals surface area contributed by atoms with Crippen LogP contribution in [0.4, 0.5) is 5.69 Å². The van der Waals surface area contributed by atoms with E-state index in [0.29, 0.717) is 12.3 Å². The maximum Gasteiger partial charge on any atom is 0.233 e. The number of methoxy groups -OCH3 is 1. The zero-order valence-electron chi connectivity index (χ0n) is 19.6. The molecule has 2 unspecified atom stereocenters. The fourth-order valence-electron chi connectivity index (χ4n) is 5.97. The number of halogens is 1. The van der Waals surface area contributed by atoms with E-state index in [-0.39, 0.29) is 11.8 Å². The minimum Gasteiger partial charge on any atom is -0.496 e. The molecule has 4 aromatic carbocycles. The summed E-state index contributed by atoms with van der Waals surface area (Å²) in [5, 5.41) is 5.40. The number of ether oxygens (including phenoxy) is 1. The Kier molecular flexibility index (Phi) is 5.38. The largest absolute Gasteiger partial charge is 0.496 e. The van der Waals surface area contributed by atoms with Gasteiger partial charge >= 0.3 is 0 Å². The summed E-state index contributed by atoms with van der Waals surface area (Å²) in [7, 11) is 1.71. The first-order valence-electron chi connectivity index (χ1n) is 12.0. The number of carbonyl (C=O) groups is 1. The molecule has 4 heteroatoms. The summed E-state index contributed by atoms with van der Waals surface area (Å²) in [6.07, 6.45) is 5.90. The van der Waals surface area contributed by atoms with Crippen LogP contribution in [0.2, 0.25) is 0 Å². The van der Waals surface area contributed by atoms with Crippen LogP contribution in [0.15, 0.2) is 84.9 Å². The average Bonchev–Trinajstić information content (AvgIpc) is 3.42. The molecule has 0 saturated heterocycles. The van der Waals surface area contributed by atoms with E-state index in [1.165, 1.54) is 16.7 Å². The Labute approximate surface area is 210 Å². The number of amides is 1. The molecule has 0 fully saturated rings. The van der Waals surface area contributed by atoms with Crippen molar-refractivity contribution < 1.29 is 9.53 Å². The first-order chi connectivity index (χ1) is 17.1. The molecular weight excluding hydrogens is 454 g/mol. The van der Waals surface area contributed by atoms with Gasteiger partial charge in [-0.2, -0.15) is 0 Å². The van der Waals surface area contributed by atoms with Crippen molar-refractivity contribution in [2.45, 2.75) is 24.2 Å². The number of fused-ring (bicyclic) bond motifs is 3. The summed E-state index contributed by atoms with van der Waals surface area (Å²) in [6, 6.07) is 27.2. The van der Waals surface area contributed by atoms with Crippen LogP contribution >= 0.6 is 11.6 Å². The molecular formula is C31H26ClNO2. The van der Waals surface area contributed by atoms with Gasteiger partial charge in [-0.1, -0.05) is 78.9 Å². The minimum atomic E-state index is -0.511. The lowest BCUT2D eigenvalue weighted by atomic mass is 9.65. The molecule has 4 aromatic rings. The number of hydrogen-bond donors (Lipinski definition) is 1. The average molecular weight is 480 g/mol. The van der Waals surface area contributed by atoms with E-state index < -0.39 is 5.41 Å². The van der Waals surface area contributed by atoms with Gasteiger partial charge in [0.1, 0.15) is 5.75 Å². The molecule has 1 amide bonds. The number of rotatable bonds is 6. The van der Waals surface area contributed by atoms with E-state index in [0.717, 1.165) is 39.8 Å². The number of carbonyl (C=O) groups excluding carboxylic acids is 1. The lowest BCUT2D eigenvalue weighted by molar-refractivity contribution is -0.118. The van der Waals surface area contributed by atoms with Crippen LogP contribution in [0.1, 0.15) is 33.7 Å². The summed E-state index contributed by atoms with van der Waals surface area (Å²) < 4.78 is 5.64. The molecule has 174 valence electrons. The predicted octanol–water partition coefficient (Wildman–Crippen LogP) is 6.87. The van der Waals surface area contributed by atoms with Gasteiger partial charge in [-0.15, -0.1) is 11.6 Å². The molecule has 1 aliphatic carbocycles. The first-order valence-corrected chi connectivity index (χ1v) is 12.5. The van der Waals surface area contributed by atoms with Gasteiger partial charge in [0.15, 0.2) is 0 Å². The van der Waals surface area contributed by atoms with Crippen LogP contribution in [-0.2, 0) is 23.1 Å². The lowest BCUT2D eigenvalue weighted by Crippen LogP contribution is -2.37. The number of alkyl halides is 1. The highest BCUT2D eigenvalue weighted by Crippen LogP contribution is 2.53. The van der Waals surface area contributed by atoms with Crippen LogP contribution in [0, 0.1) is 0 Å². The second-order valence-corrected chi connectivity index (χ2v) is 9.77. The Morgan fingerprint density at radius 3 is 2.60 bits per heavy atom. The quantitative estimate of drug-likeness (QED) is 0.306. The normalized spacial score (nSPS) is 20.1. The van der Waals surface area contributed by atoms with Gasteiger partial charge in [-0.05, 0) is 58.2 Å². The van der Waals surface area contributed by atoms with E-state index >= 15 is 0 Å². The van der Waals surface area contributed by atoms with Gasteiger partial charge in [0, 0.05) is 22.4 Å². The summed E-state index contributed by atoms with van der Waals surface area (Å²) in [5.41, 5.74) is 6.15. The second-order valence-electron chi connectivity index (χ2n) is 9.39. The van der Waals surface area contributed by atoms with Gasteiger partial charge in [0.2, 0.25) is 5.91 Å². The molecule has 1 aliphatic heterocycles.